The van der Waals surface area contributed by atoms with Crippen molar-refractivity contribution in [1.82, 2.24) is 5.43 Å². The van der Waals surface area contributed by atoms with Crippen LogP contribution in [0, 0.1) is 21.4 Å². The summed E-state index contributed by atoms with van der Waals surface area (Å²) in [6.45, 7) is 0. The van der Waals surface area contributed by atoms with E-state index in [0.29, 0.717) is 33.8 Å². The third-order valence-corrected chi connectivity index (χ3v) is 6.62. The first-order valence-corrected chi connectivity index (χ1v) is 12.0. The molecule has 0 radical (unpaired) electrons. The lowest BCUT2D eigenvalue weighted by Gasteiger charge is -2.28. The Morgan fingerprint density at radius 3 is 2.21 bits per heavy atom. The number of rotatable bonds is 4. The first kappa shape index (κ1) is 23.8. The van der Waals surface area contributed by atoms with Crippen molar-refractivity contribution in [2.75, 3.05) is 10.2 Å². The molecule has 2 aliphatic rings. The average molecular weight is 535 g/mol. The van der Waals surface area contributed by atoms with Gasteiger partial charge in [-0.15, -0.1) is 5.10 Å². The van der Waals surface area contributed by atoms with Gasteiger partial charge in [-0.05, 0) is 54.6 Å². The fraction of sp³-hybridized carbons (Fsp3) is 0. The van der Waals surface area contributed by atoms with Gasteiger partial charge in [0.2, 0.25) is 0 Å². The van der Waals surface area contributed by atoms with E-state index < -0.39 is 4.92 Å². The summed E-state index contributed by atoms with van der Waals surface area (Å²) in [4.78, 5) is 37.8. The van der Waals surface area contributed by atoms with Crippen LogP contribution in [-0.2, 0) is 0 Å². The highest BCUT2D eigenvalue weighted by molar-refractivity contribution is 6.31. The minimum Gasteiger partial charge on any atom is -0.289 e. The van der Waals surface area contributed by atoms with E-state index >= 15 is 0 Å². The van der Waals surface area contributed by atoms with Crippen molar-refractivity contribution in [2.45, 2.75) is 0 Å². The van der Waals surface area contributed by atoms with E-state index in [9.17, 15) is 19.7 Å². The van der Waals surface area contributed by atoms with E-state index in [4.69, 9.17) is 16.9 Å². The van der Waals surface area contributed by atoms with Gasteiger partial charge < -0.3 is 0 Å². The molecule has 39 heavy (non-hydrogen) atoms. The molecule has 6 rings (SSSR count). The molecule has 0 spiro atoms. The highest BCUT2D eigenvalue weighted by atomic mass is 35.5. The third kappa shape index (κ3) is 3.94. The highest BCUT2D eigenvalue weighted by Crippen LogP contribution is 2.36. The number of nitro groups is 1. The Morgan fingerprint density at radius 1 is 0.872 bits per heavy atom. The van der Waals surface area contributed by atoms with Crippen molar-refractivity contribution in [2.24, 2.45) is 5.10 Å². The van der Waals surface area contributed by atoms with Crippen molar-refractivity contribution in [3.8, 4) is 6.07 Å². The van der Waals surface area contributed by atoms with Crippen LogP contribution in [-0.4, -0.2) is 22.3 Å². The summed E-state index contributed by atoms with van der Waals surface area (Å²) < 4.78 is 0. The van der Waals surface area contributed by atoms with Gasteiger partial charge in [0.15, 0.2) is 23.1 Å². The molecule has 0 amide bonds. The van der Waals surface area contributed by atoms with Crippen molar-refractivity contribution in [3.63, 3.8) is 0 Å². The van der Waals surface area contributed by atoms with Gasteiger partial charge >= 0.3 is 0 Å². The number of nitrogens with one attached hydrogen (secondary N) is 1. The van der Waals surface area contributed by atoms with Crippen LogP contribution in [0.2, 0.25) is 5.02 Å². The zero-order valence-corrected chi connectivity index (χ0v) is 20.6. The number of hydrogen-bond acceptors (Lipinski definition) is 9. The quantitative estimate of drug-likeness (QED) is 0.251. The summed E-state index contributed by atoms with van der Waals surface area (Å²) in [7, 11) is 0. The maximum atomic E-state index is 13.3. The third-order valence-electron chi connectivity index (χ3n) is 6.39. The summed E-state index contributed by atoms with van der Waals surface area (Å²) in [5.74, 6) is -0.248. The van der Waals surface area contributed by atoms with E-state index in [1.165, 1.54) is 34.5 Å². The standard InChI is InChI=1S/C28H15ClN6O4/c29-18-9-12-24(25(13-18)35(38)39)34-32-28(17-7-5-16(15-30)6-8-17)31-33(34)19-10-11-22-23(14-19)27(37)21-4-2-1-3-20(21)26(22)36/h1-14H,(H,31,32). The minimum absolute atomic E-state index is 0.127. The van der Waals surface area contributed by atoms with E-state index in [1.54, 1.807) is 60.7 Å². The van der Waals surface area contributed by atoms with E-state index in [0.717, 1.165) is 0 Å². The predicted octanol–water partition coefficient (Wildman–Crippen LogP) is 5.00. The first-order valence-electron chi connectivity index (χ1n) is 11.6. The number of halogens is 1. The summed E-state index contributed by atoms with van der Waals surface area (Å²) in [6, 6.07) is 24.2. The topological polar surface area (TPSA) is 132 Å². The molecule has 10 nitrogen and oxygen atoms in total. The van der Waals surface area contributed by atoms with Gasteiger partial charge in [-0.1, -0.05) is 35.9 Å². The molecule has 1 N–H and O–H groups in total. The zero-order chi connectivity index (χ0) is 27.3. The number of hydrazine groups is 2. The lowest BCUT2D eigenvalue weighted by molar-refractivity contribution is -0.384. The number of nitrogens with zero attached hydrogens (tertiary/aromatic N) is 5. The van der Waals surface area contributed by atoms with Crippen LogP contribution in [0.1, 0.15) is 43.0 Å². The lowest BCUT2D eigenvalue weighted by atomic mass is 9.84. The molecule has 0 saturated heterocycles. The maximum absolute atomic E-state index is 13.3. The smallest absolute Gasteiger partial charge is 0.289 e. The Balaban J connectivity index is 1.49. The Hall–Kier alpha value is -5.53. The summed E-state index contributed by atoms with van der Waals surface area (Å²) >= 11 is 6.04. The number of carbonyl (C=O) groups is 2. The molecular formula is C28H15ClN6O4. The van der Waals surface area contributed by atoms with Crippen LogP contribution in [0.4, 0.5) is 17.1 Å². The zero-order valence-electron chi connectivity index (χ0n) is 19.8. The summed E-state index contributed by atoms with van der Waals surface area (Å²) in [5.41, 5.74) is 5.44. The van der Waals surface area contributed by atoms with Gasteiger partial charge in [0.05, 0.1) is 22.2 Å². The molecule has 4 aromatic carbocycles. The van der Waals surface area contributed by atoms with Crippen LogP contribution >= 0.6 is 11.6 Å². The fourth-order valence-corrected chi connectivity index (χ4v) is 4.67. The van der Waals surface area contributed by atoms with Crippen LogP contribution in [0.5, 0.6) is 0 Å². The molecule has 0 atom stereocenters. The maximum Gasteiger partial charge on any atom is 0.298 e. The van der Waals surface area contributed by atoms with E-state index in [1.807, 2.05) is 0 Å². The molecule has 1 aliphatic carbocycles. The molecule has 4 aromatic rings. The van der Waals surface area contributed by atoms with Gasteiger partial charge in [-0.3, -0.25) is 25.1 Å². The molecule has 0 aromatic heterocycles. The van der Waals surface area contributed by atoms with Gasteiger partial charge in [0, 0.05) is 38.9 Å². The molecule has 188 valence electrons. The number of fused-ring (bicyclic) bond motifs is 2. The number of hydrogen-bond donors (Lipinski definition) is 1. The second-order valence-corrected chi connectivity index (χ2v) is 9.11. The van der Waals surface area contributed by atoms with E-state index in [2.05, 4.69) is 16.6 Å². The van der Waals surface area contributed by atoms with Crippen molar-refractivity contribution < 1.29 is 14.5 Å². The van der Waals surface area contributed by atoms with Crippen molar-refractivity contribution in [3.05, 3.63) is 133 Å². The van der Waals surface area contributed by atoms with Crippen LogP contribution in [0.25, 0.3) is 0 Å². The van der Waals surface area contributed by atoms with E-state index in [-0.39, 0.29) is 39.1 Å². The molecule has 1 heterocycles. The van der Waals surface area contributed by atoms with Gasteiger partial charge in [-0.25, -0.2) is 0 Å². The average Bonchev–Trinajstić information content (AvgIpc) is 3.41. The molecule has 0 unspecified atom stereocenters. The number of hydrazone groups is 1. The number of benzene rings is 4. The number of carbonyl (C=O) groups excluding carboxylic acids is 2. The van der Waals surface area contributed by atoms with Crippen LogP contribution in [0.15, 0.2) is 90.0 Å². The second-order valence-electron chi connectivity index (χ2n) is 8.67. The Morgan fingerprint density at radius 2 is 1.54 bits per heavy atom. The largest absolute Gasteiger partial charge is 0.298 e. The Kier molecular flexibility index (Phi) is 5.56. The van der Waals surface area contributed by atoms with Crippen LogP contribution < -0.4 is 15.7 Å². The predicted molar refractivity (Wildman–Crippen MR) is 144 cm³/mol. The molecular weight excluding hydrogens is 520 g/mol. The number of amidine groups is 1. The number of nitro benzene ring substituents is 1. The fourth-order valence-electron chi connectivity index (χ4n) is 4.50. The number of nitriles is 1. The Bertz CT molecular complexity index is 1790. The molecule has 0 saturated carbocycles. The normalized spacial score (nSPS) is 13.8. The molecule has 1 aliphatic heterocycles. The molecule has 0 bridgehead atoms. The first-order chi connectivity index (χ1) is 18.9. The van der Waals surface area contributed by atoms with Crippen molar-refractivity contribution >= 4 is 46.1 Å². The van der Waals surface area contributed by atoms with Gasteiger partial charge in [0.25, 0.3) is 5.69 Å². The SMILES string of the molecule is N#Cc1ccc(C2=NN(c3ccc4c(c3)C(=O)c3ccccc3C4=O)N(c3ccc(Cl)cc3[N+](=O)[O-])N2)cc1. The van der Waals surface area contributed by atoms with Crippen molar-refractivity contribution in [1.29, 1.82) is 5.26 Å². The summed E-state index contributed by atoms with van der Waals surface area (Å²) in [5, 5.41) is 28.6. The monoisotopic (exact) mass is 534 g/mol. The molecule has 11 heteroatoms. The number of ketones is 2. The minimum atomic E-state index is -0.563. The van der Waals surface area contributed by atoms with Gasteiger partial charge in [0.1, 0.15) is 0 Å². The number of anilines is 2. The summed E-state index contributed by atoms with van der Waals surface area (Å²) in [6.07, 6.45) is 0. The van der Waals surface area contributed by atoms with Crippen LogP contribution in [0.3, 0.4) is 0 Å². The lowest BCUT2D eigenvalue weighted by Crippen LogP contribution is -2.45. The molecule has 0 fully saturated rings. The Labute approximate surface area is 226 Å². The highest BCUT2D eigenvalue weighted by Gasteiger charge is 2.34. The van der Waals surface area contributed by atoms with Gasteiger partial charge in [-0.2, -0.15) is 15.5 Å². The second kappa shape index (κ2) is 9.09.